The SMILES string of the molecule is c1cc(-c2ccc(N(c3ccc(-c4ccncc4)cc3)c3ccc(-c4ccc(N(c5ccc(-c6ccncc6)cc5)c5ccc(-c6ccncc6)cc5)cc4)cc3)cc2)ccn1. The molecule has 10 aromatic rings. The van der Waals surface area contributed by atoms with Crippen LogP contribution in [-0.2, 0) is 0 Å². The van der Waals surface area contributed by atoms with Gasteiger partial charge in [-0.15, -0.1) is 0 Å². The molecule has 0 aliphatic carbocycles. The van der Waals surface area contributed by atoms with Crippen molar-refractivity contribution < 1.29 is 0 Å². The lowest BCUT2D eigenvalue weighted by Gasteiger charge is -2.27. The van der Waals surface area contributed by atoms with Gasteiger partial charge in [-0.3, -0.25) is 19.9 Å². The van der Waals surface area contributed by atoms with Gasteiger partial charge < -0.3 is 9.80 Å². The highest BCUT2D eigenvalue weighted by atomic mass is 15.1. The maximum absolute atomic E-state index is 4.20. The van der Waals surface area contributed by atoms with E-state index in [2.05, 4.69) is 175 Å². The molecule has 0 unspecified atom stereocenters. The quantitative estimate of drug-likeness (QED) is 0.130. The third-order valence-electron chi connectivity index (χ3n) is 11.1. The van der Waals surface area contributed by atoms with Gasteiger partial charge >= 0.3 is 0 Å². The molecule has 0 radical (unpaired) electrons. The molecule has 6 heteroatoms. The molecular formula is C56H40N6. The molecule has 0 aliphatic heterocycles. The van der Waals surface area contributed by atoms with E-state index < -0.39 is 0 Å². The van der Waals surface area contributed by atoms with Gasteiger partial charge in [0.15, 0.2) is 0 Å². The number of nitrogens with zero attached hydrogens (tertiary/aromatic N) is 6. The zero-order valence-corrected chi connectivity index (χ0v) is 33.8. The van der Waals surface area contributed by atoms with Gasteiger partial charge in [-0.1, -0.05) is 72.8 Å². The summed E-state index contributed by atoms with van der Waals surface area (Å²) in [5.41, 5.74) is 17.8. The Balaban J connectivity index is 0.960. The molecule has 0 atom stereocenters. The normalized spacial score (nSPS) is 10.9. The highest BCUT2D eigenvalue weighted by Crippen LogP contribution is 2.40. The van der Waals surface area contributed by atoms with Gasteiger partial charge in [0.2, 0.25) is 0 Å². The Bertz CT molecular complexity index is 2600. The van der Waals surface area contributed by atoms with Crippen molar-refractivity contribution in [3.05, 3.63) is 244 Å². The Labute approximate surface area is 361 Å². The van der Waals surface area contributed by atoms with Crippen molar-refractivity contribution in [1.29, 1.82) is 0 Å². The van der Waals surface area contributed by atoms with Gasteiger partial charge in [0, 0.05) is 83.7 Å². The molecule has 0 amide bonds. The molecule has 294 valence electrons. The lowest BCUT2D eigenvalue weighted by Crippen LogP contribution is -2.10. The van der Waals surface area contributed by atoms with Crippen LogP contribution in [0.15, 0.2) is 244 Å². The van der Waals surface area contributed by atoms with E-state index in [1.165, 1.54) is 0 Å². The summed E-state index contributed by atoms with van der Waals surface area (Å²) in [6, 6.07) is 68.8. The van der Waals surface area contributed by atoms with Gasteiger partial charge in [-0.25, -0.2) is 0 Å². The van der Waals surface area contributed by atoms with Crippen molar-refractivity contribution in [1.82, 2.24) is 19.9 Å². The number of pyridine rings is 4. The largest absolute Gasteiger partial charge is 0.311 e. The summed E-state index contributed by atoms with van der Waals surface area (Å²) in [5.74, 6) is 0. The number of aromatic nitrogens is 4. The fraction of sp³-hybridized carbons (Fsp3) is 0. The minimum absolute atomic E-state index is 1.07. The zero-order chi connectivity index (χ0) is 41.5. The number of benzene rings is 6. The van der Waals surface area contributed by atoms with Crippen LogP contribution in [0, 0.1) is 0 Å². The van der Waals surface area contributed by atoms with Crippen LogP contribution in [0.2, 0.25) is 0 Å². The van der Waals surface area contributed by atoms with E-state index in [0.29, 0.717) is 0 Å². The molecule has 0 bridgehead atoms. The van der Waals surface area contributed by atoms with Crippen LogP contribution in [0.25, 0.3) is 55.6 Å². The minimum Gasteiger partial charge on any atom is -0.311 e. The van der Waals surface area contributed by atoms with Crippen molar-refractivity contribution in [2.75, 3.05) is 9.80 Å². The van der Waals surface area contributed by atoms with Crippen LogP contribution in [0.3, 0.4) is 0 Å². The first-order valence-electron chi connectivity index (χ1n) is 20.6. The molecule has 10 rings (SSSR count). The molecule has 0 saturated heterocycles. The minimum atomic E-state index is 1.07. The third-order valence-corrected chi connectivity index (χ3v) is 11.1. The van der Waals surface area contributed by atoms with Crippen molar-refractivity contribution >= 4 is 34.1 Å². The molecule has 62 heavy (non-hydrogen) atoms. The van der Waals surface area contributed by atoms with E-state index in [4.69, 9.17) is 0 Å². The average molecular weight is 797 g/mol. The molecule has 0 aliphatic rings. The summed E-state index contributed by atoms with van der Waals surface area (Å²) in [4.78, 5) is 21.4. The second-order valence-electron chi connectivity index (χ2n) is 14.9. The Morgan fingerprint density at radius 2 is 0.290 bits per heavy atom. The second kappa shape index (κ2) is 17.4. The predicted molar refractivity (Wildman–Crippen MR) is 254 cm³/mol. The van der Waals surface area contributed by atoms with E-state index >= 15 is 0 Å². The van der Waals surface area contributed by atoms with Crippen LogP contribution < -0.4 is 9.80 Å². The van der Waals surface area contributed by atoms with Crippen molar-refractivity contribution in [3.63, 3.8) is 0 Å². The summed E-state index contributed by atoms with van der Waals surface area (Å²) in [7, 11) is 0. The zero-order valence-electron chi connectivity index (χ0n) is 33.8. The monoisotopic (exact) mass is 796 g/mol. The van der Waals surface area contributed by atoms with E-state index in [1.807, 2.05) is 98.1 Å². The molecule has 0 saturated carbocycles. The van der Waals surface area contributed by atoms with E-state index in [1.54, 1.807) is 0 Å². The Morgan fingerprint density at radius 1 is 0.161 bits per heavy atom. The van der Waals surface area contributed by atoms with Crippen LogP contribution in [0.4, 0.5) is 34.1 Å². The lowest BCUT2D eigenvalue weighted by molar-refractivity contribution is 1.28. The summed E-state index contributed by atoms with van der Waals surface area (Å²) < 4.78 is 0. The number of hydrogen-bond donors (Lipinski definition) is 0. The predicted octanol–water partition coefficient (Wildman–Crippen LogP) is 14.5. The molecule has 6 aromatic carbocycles. The van der Waals surface area contributed by atoms with Gasteiger partial charge in [0.25, 0.3) is 0 Å². The Morgan fingerprint density at radius 3 is 0.435 bits per heavy atom. The van der Waals surface area contributed by atoms with Crippen LogP contribution >= 0.6 is 0 Å². The molecule has 0 fully saturated rings. The van der Waals surface area contributed by atoms with Gasteiger partial charge in [0.05, 0.1) is 0 Å². The van der Waals surface area contributed by atoms with Gasteiger partial charge in [-0.05, 0) is 177 Å². The fourth-order valence-corrected chi connectivity index (χ4v) is 7.89. The first kappa shape index (κ1) is 37.8. The van der Waals surface area contributed by atoms with E-state index in [0.717, 1.165) is 89.8 Å². The Hall–Kier alpha value is -8.48. The molecule has 0 spiro atoms. The molecule has 0 N–H and O–H groups in total. The maximum atomic E-state index is 4.20. The molecule has 4 heterocycles. The van der Waals surface area contributed by atoms with Crippen molar-refractivity contribution in [2.24, 2.45) is 0 Å². The first-order valence-corrected chi connectivity index (χ1v) is 20.6. The molecule has 6 nitrogen and oxygen atoms in total. The summed E-state index contributed by atoms with van der Waals surface area (Å²) in [6.07, 6.45) is 14.6. The number of anilines is 6. The van der Waals surface area contributed by atoms with E-state index in [-0.39, 0.29) is 0 Å². The smallest absolute Gasteiger partial charge is 0.0462 e. The van der Waals surface area contributed by atoms with Crippen molar-refractivity contribution in [2.45, 2.75) is 0 Å². The number of rotatable bonds is 11. The second-order valence-corrected chi connectivity index (χ2v) is 14.9. The standard InChI is InChI=1S/C56H40N6/c1-13-51(61(53-17-5-43(6-18-53)47-25-33-57-34-26-47)54-19-7-44(8-20-54)48-27-35-58-36-28-48)14-2-41(1)42-3-15-52(16-4-42)62(55-21-9-45(10-22-55)49-29-37-59-38-30-49)56-23-11-46(12-24-56)50-31-39-60-40-32-50/h1-40H. The van der Waals surface area contributed by atoms with Crippen LogP contribution in [0.1, 0.15) is 0 Å². The molecule has 4 aromatic heterocycles. The third kappa shape index (κ3) is 8.09. The van der Waals surface area contributed by atoms with Gasteiger partial charge in [-0.2, -0.15) is 0 Å². The highest BCUT2D eigenvalue weighted by molar-refractivity contribution is 5.83. The van der Waals surface area contributed by atoms with E-state index in [9.17, 15) is 0 Å². The highest BCUT2D eigenvalue weighted by Gasteiger charge is 2.16. The summed E-state index contributed by atoms with van der Waals surface area (Å²) >= 11 is 0. The fourth-order valence-electron chi connectivity index (χ4n) is 7.89. The van der Waals surface area contributed by atoms with Gasteiger partial charge in [0.1, 0.15) is 0 Å². The first-order chi connectivity index (χ1) is 30.7. The Kier molecular flexibility index (Phi) is 10.6. The number of hydrogen-bond acceptors (Lipinski definition) is 6. The average Bonchev–Trinajstić information content (AvgIpc) is 3.36. The topological polar surface area (TPSA) is 58.0 Å². The maximum Gasteiger partial charge on any atom is 0.0462 e. The van der Waals surface area contributed by atoms with Crippen molar-refractivity contribution in [3.8, 4) is 55.6 Å². The summed E-state index contributed by atoms with van der Waals surface area (Å²) in [5, 5.41) is 0. The van der Waals surface area contributed by atoms with Crippen LogP contribution in [0.5, 0.6) is 0 Å². The molecular weight excluding hydrogens is 757 g/mol. The summed E-state index contributed by atoms with van der Waals surface area (Å²) in [6.45, 7) is 0. The van der Waals surface area contributed by atoms with Crippen LogP contribution in [-0.4, -0.2) is 19.9 Å². The lowest BCUT2D eigenvalue weighted by atomic mass is 10.0.